The number of aromatic nitrogens is 2. The average Bonchev–Trinajstić information content (AvgIpc) is 3.13. The largest absolute Gasteiger partial charge is 0.375 e. The Balaban J connectivity index is 1.43. The van der Waals surface area contributed by atoms with E-state index in [2.05, 4.69) is 39.4 Å². The van der Waals surface area contributed by atoms with Crippen molar-refractivity contribution in [2.45, 2.75) is 32.9 Å². The summed E-state index contributed by atoms with van der Waals surface area (Å²) >= 11 is 0. The molecule has 2 heterocycles. The van der Waals surface area contributed by atoms with Crippen molar-refractivity contribution in [1.29, 1.82) is 0 Å². The average molecular weight is 448 g/mol. The molecular weight excluding hydrogens is 421 g/mol. The number of fused-ring (bicyclic) bond motifs is 1. The van der Waals surface area contributed by atoms with Crippen LogP contribution in [0.4, 0.5) is 4.39 Å². The first-order valence-electron chi connectivity index (χ1n) is 10.9. The van der Waals surface area contributed by atoms with Gasteiger partial charge < -0.3 is 10.1 Å². The highest BCUT2D eigenvalue weighted by atomic mass is 19.1. The van der Waals surface area contributed by atoms with Gasteiger partial charge in [0.05, 0.1) is 30.3 Å². The van der Waals surface area contributed by atoms with Crippen LogP contribution in [0.5, 0.6) is 0 Å². The topological polar surface area (TPSA) is 88.5 Å². The predicted molar refractivity (Wildman–Crippen MR) is 126 cm³/mol. The number of amides is 1. The zero-order valence-electron chi connectivity index (χ0n) is 18.6. The van der Waals surface area contributed by atoms with Crippen LogP contribution >= 0.6 is 0 Å². The summed E-state index contributed by atoms with van der Waals surface area (Å²) < 4.78 is 18.9. The maximum absolute atomic E-state index is 13.1. The highest BCUT2D eigenvalue weighted by Gasteiger charge is 2.23. The summed E-state index contributed by atoms with van der Waals surface area (Å²) in [6.45, 7) is 4.98. The minimum Gasteiger partial charge on any atom is -0.375 e. The molecule has 2 N–H and O–H groups in total. The number of nitrogens with zero attached hydrogens (tertiary/aromatic N) is 3. The molecule has 0 spiro atoms. The van der Waals surface area contributed by atoms with Crippen molar-refractivity contribution >= 4 is 29.0 Å². The van der Waals surface area contributed by atoms with E-state index in [4.69, 9.17) is 4.74 Å². The Hall–Kier alpha value is -3.65. The molecule has 0 radical (unpaired) electrons. The van der Waals surface area contributed by atoms with E-state index in [0.717, 1.165) is 28.6 Å². The van der Waals surface area contributed by atoms with E-state index in [1.54, 1.807) is 30.6 Å². The second-order valence-corrected chi connectivity index (χ2v) is 8.34. The quantitative estimate of drug-likeness (QED) is 0.513. The fourth-order valence-corrected chi connectivity index (χ4v) is 3.57. The van der Waals surface area contributed by atoms with Crippen LogP contribution in [-0.2, 0) is 16.1 Å². The third-order valence-corrected chi connectivity index (χ3v) is 5.08. The first kappa shape index (κ1) is 22.5. The maximum atomic E-state index is 13.1. The summed E-state index contributed by atoms with van der Waals surface area (Å²) in [6, 6.07) is 11.7. The Kier molecular flexibility index (Phi) is 7.04. The molecule has 0 unspecified atom stereocenters. The van der Waals surface area contributed by atoms with Gasteiger partial charge in [0.25, 0.3) is 5.91 Å². The van der Waals surface area contributed by atoms with Gasteiger partial charge in [0.2, 0.25) is 5.96 Å². The van der Waals surface area contributed by atoms with Crippen molar-refractivity contribution < 1.29 is 13.9 Å². The normalized spacial score (nSPS) is 17.0. The number of hydrogen-bond donors (Lipinski definition) is 2. The second kappa shape index (κ2) is 10.3. The summed E-state index contributed by atoms with van der Waals surface area (Å²) in [6.07, 6.45) is 5.84. The zero-order valence-corrected chi connectivity index (χ0v) is 18.6. The lowest BCUT2D eigenvalue weighted by Crippen LogP contribution is -2.29. The Bertz CT molecular complexity index is 1190. The molecule has 0 bridgehead atoms. The van der Waals surface area contributed by atoms with Crippen LogP contribution in [0.15, 0.2) is 65.5 Å². The van der Waals surface area contributed by atoms with Crippen LogP contribution in [0.25, 0.3) is 17.1 Å². The highest BCUT2D eigenvalue weighted by Crippen LogP contribution is 2.16. The molecule has 7 nitrogen and oxygen atoms in total. The van der Waals surface area contributed by atoms with Crippen molar-refractivity contribution in [1.82, 2.24) is 20.6 Å². The van der Waals surface area contributed by atoms with Gasteiger partial charge in [0, 0.05) is 12.4 Å². The van der Waals surface area contributed by atoms with Gasteiger partial charge in [-0.15, -0.1) is 0 Å². The van der Waals surface area contributed by atoms with Crippen molar-refractivity contribution in [3.63, 3.8) is 0 Å². The number of aliphatic imine (C=N–C) groups is 1. The summed E-state index contributed by atoms with van der Waals surface area (Å²) in [4.78, 5) is 25.7. The number of nitrogens with one attached hydrogen (secondary N) is 2. The first-order valence-corrected chi connectivity index (χ1v) is 10.9. The molecule has 1 saturated heterocycles. The number of benzene rings is 2. The highest BCUT2D eigenvalue weighted by molar-refractivity contribution is 6.15. The Morgan fingerprint density at radius 3 is 2.58 bits per heavy atom. The fraction of sp³-hybridized carbons (Fsp3) is 0.280. The minimum absolute atomic E-state index is 0.136. The minimum atomic E-state index is -0.272. The summed E-state index contributed by atoms with van der Waals surface area (Å²) in [5.74, 6) is 0.289. The number of ether oxygens (including phenoxy) is 1. The van der Waals surface area contributed by atoms with E-state index >= 15 is 0 Å². The molecule has 1 aromatic heterocycles. The molecule has 0 saturated carbocycles. The molecule has 0 aliphatic carbocycles. The van der Waals surface area contributed by atoms with Crippen molar-refractivity contribution in [3.05, 3.63) is 77.5 Å². The van der Waals surface area contributed by atoms with Crippen LogP contribution in [-0.4, -0.2) is 34.5 Å². The molecule has 3 aromatic rings. The molecular formula is C25H26FN5O2. The van der Waals surface area contributed by atoms with Gasteiger partial charge >= 0.3 is 0 Å². The van der Waals surface area contributed by atoms with Crippen LogP contribution in [0.2, 0.25) is 0 Å². The molecule has 33 heavy (non-hydrogen) atoms. The van der Waals surface area contributed by atoms with E-state index in [9.17, 15) is 9.18 Å². The lowest BCUT2D eigenvalue weighted by molar-refractivity contribution is -0.115. The van der Waals surface area contributed by atoms with E-state index < -0.39 is 0 Å². The van der Waals surface area contributed by atoms with Crippen molar-refractivity contribution in [3.8, 4) is 0 Å². The van der Waals surface area contributed by atoms with Gasteiger partial charge in [-0.25, -0.2) is 9.38 Å². The standard InChI is InChI=1S/C25H26FN5O2/c1-16(2)11-20(15-33-14-17-3-6-19(26)7-4-17)29-25-30-23(24(32)31-25)13-18-5-8-21-22(12-18)28-10-9-27-21/h3-10,12-13,16,20H,11,14-15H2,1-2H3,(H2,29,30,31,32)/b23-13-/t20-/m1/s1. The number of carbonyl (C=O) groups excluding carboxylic acids is 1. The van der Waals surface area contributed by atoms with Gasteiger partial charge in [0.15, 0.2) is 0 Å². The number of rotatable bonds is 8. The maximum Gasteiger partial charge on any atom is 0.274 e. The predicted octanol–water partition coefficient (Wildman–Crippen LogP) is 3.82. The van der Waals surface area contributed by atoms with Gasteiger partial charge in [-0.05, 0) is 53.8 Å². The van der Waals surface area contributed by atoms with Gasteiger partial charge in [-0.2, -0.15) is 0 Å². The molecule has 4 rings (SSSR count). The van der Waals surface area contributed by atoms with E-state index in [0.29, 0.717) is 30.8 Å². The Morgan fingerprint density at radius 2 is 1.82 bits per heavy atom. The third kappa shape index (κ3) is 6.20. The van der Waals surface area contributed by atoms with Crippen LogP contribution in [0.3, 0.4) is 0 Å². The number of guanidine groups is 1. The van der Waals surface area contributed by atoms with E-state index in [1.807, 2.05) is 18.2 Å². The monoisotopic (exact) mass is 447 g/mol. The lowest BCUT2D eigenvalue weighted by Gasteiger charge is -2.16. The zero-order chi connectivity index (χ0) is 23.2. The van der Waals surface area contributed by atoms with Crippen molar-refractivity contribution in [2.24, 2.45) is 10.9 Å². The molecule has 8 heteroatoms. The van der Waals surface area contributed by atoms with Gasteiger partial charge in [-0.3, -0.25) is 20.1 Å². The number of hydrogen-bond acceptors (Lipinski definition) is 5. The molecule has 2 aromatic carbocycles. The Labute approximate surface area is 191 Å². The third-order valence-electron chi connectivity index (χ3n) is 5.08. The number of carbonyl (C=O) groups is 1. The smallest absolute Gasteiger partial charge is 0.274 e. The van der Waals surface area contributed by atoms with E-state index in [1.165, 1.54) is 12.1 Å². The van der Waals surface area contributed by atoms with Crippen LogP contribution in [0.1, 0.15) is 31.4 Å². The van der Waals surface area contributed by atoms with Gasteiger partial charge in [0.1, 0.15) is 11.5 Å². The molecule has 1 fully saturated rings. The van der Waals surface area contributed by atoms with Crippen LogP contribution in [0, 0.1) is 11.7 Å². The molecule has 1 amide bonds. The van der Waals surface area contributed by atoms with Crippen molar-refractivity contribution in [2.75, 3.05) is 6.61 Å². The lowest BCUT2D eigenvalue weighted by atomic mass is 10.1. The summed E-state index contributed by atoms with van der Waals surface area (Å²) in [5.41, 5.74) is 3.69. The molecule has 1 aliphatic rings. The molecule has 1 atom stereocenters. The van der Waals surface area contributed by atoms with E-state index in [-0.39, 0.29) is 17.8 Å². The fourth-order valence-electron chi connectivity index (χ4n) is 3.57. The Morgan fingerprint density at radius 1 is 1.06 bits per heavy atom. The first-order chi connectivity index (χ1) is 16.0. The van der Waals surface area contributed by atoms with Crippen LogP contribution < -0.4 is 10.6 Å². The summed E-state index contributed by atoms with van der Waals surface area (Å²) in [5, 5.41) is 5.86. The molecule has 1 aliphatic heterocycles. The molecule has 170 valence electrons. The summed E-state index contributed by atoms with van der Waals surface area (Å²) in [7, 11) is 0. The second-order valence-electron chi connectivity index (χ2n) is 8.34. The van der Waals surface area contributed by atoms with Gasteiger partial charge in [-0.1, -0.05) is 32.0 Å². The SMILES string of the molecule is CC(C)C[C@H](COCc1ccc(F)cc1)N=C1NC(=O)/C(=C/c2ccc3nccnc3c2)N1. The number of halogens is 1.